The van der Waals surface area contributed by atoms with E-state index < -0.39 is 5.97 Å². The van der Waals surface area contributed by atoms with Gasteiger partial charge in [0.15, 0.2) is 0 Å². The molecule has 4 nitrogen and oxygen atoms in total. The van der Waals surface area contributed by atoms with Crippen molar-refractivity contribution < 1.29 is 14.7 Å². The maximum Gasteiger partial charge on any atom is 0.306 e. The van der Waals surface area contributed by atoms with Gasteiger partial charge < -0.3 is 10.0 Å². The van der Waals surface area contributed by atoms with E-state index in [2.05, 4.69) is 0 Å². The molecule has 0 saturated carbocycles. The van der Waals surface area contributed by atoms with E-state index in [1.54, 1.807) is 4.90 Å². The lowest BCUT2D eigenvalue weighted by Gasteiger charge is -2.29. The molecule has 1 N–H and O–H groups in total. The number of halogens is 1. The molecule has 0 spiro atoms. The lowest BCUT2D eigenvalue weighted by molar-refractivity contribution is -0.145. The van der Waals surface area contributed by atoms with E-state index in [-0.39, 0.29) is 17.7 Å². The Kier molecular flexibility index (Phi) is 3.54. The first-order chi connectivity index (χ1) is 6.15. The van der Waals surface area contributed by atoms with Crippen LogP contribution in [-0.2, 0) is 9.59 Å². The van der Waals surface area contributed by atoms with Crippen LogP contribution < -0.4 is 0 Å². The molecule has 1 amide bonds. The summed E-state index contributed by atoms with van der Waals surface area (Å²) in [5, 5.41) is 8.69. The molecule has 1 aliphatic heterocycles. The van der Waals surface area contributed by atoms with Gasteiger partial charge in [-0.05, 0) is 12.8 Å². The van der Waals surface area contributed by atoms with E-state index in [9.17, 15) is 9.59 Å². The van der Waals surface area contributed by atoms with Gasteiger partial charge in [-0.25, -0.2) is 0 Å². The first-order valence-electron chi connectivity index (χ1n) is 4.21. The molecule has 13 heavy (non-hydrogen) atoms. The number of carbonyl (C=O) groups excluding carboxylic acids is 1. The number of hydrogen-bond donors (Lipinski definition) is 1. The first kappa shape index (κ1) is 10.3. The zero-order valence-electron chi connectivity index (χ0n) is 7.20. The van der Waals surface area contributed by atoms with Crippen molar-refractivity contribution >= 4 is 23.5 Å². The molecular weight excluding hydrogens is 194 g/mol. The van der Waals surface area contributed by atoms with Gasteiger partial charge in [0.25, 0.3) is 0 Å². The van der Waals surface area contributed by atoms with Crippen molar-refractivity contribution in [2.75, 3.05) is 19.0 Å². The molecule has 1 saturated heterocycles. The second-order valence-electron chi connectivity index (χ2n) is 3.13. The van der Waals surface area contributed by atoms with Crippen molar-refractivity contribution in [2.24, 2.45) is 5.92 Å². The average Bonchev–Trinajstić information content (AvgIpc) is 2.17. The monoisotopic (exact) mass is 205 g/mol. The van der Waals surface area contributed by atoms with Crippen LogP contribution >= 0.6 is 11.6 Å². The third-order valence-electron chi connectivity index (χ3n) is 2.31. The van der Waals surface area contributed by atoms with Crippen LogP contribution in [0.3, 0.4) is 0 Å². The summed E-state index contributed by atoms with van der Waals surface area (Å²) in [6.45, 7) is 1.03. The molecule has 1 heterocycles. The number of piperidine rings is 1. The van der Waals surface area contributed by atoms with E-state index in [0.29, 0.717) is 25.9 Å². The second kappa shape index (κ2) is 4.46. The Morgan fingerprint density at radius 2 is 1.92 bits per heavy atom. The Hall–Kier alpha value is -0.770. The summed E-state index contributed by atoms with van der Waals surface area (Å²) in [7, 11) is 0. The summed E-state index contributed by atoms with van der Waals surface area (Å²) < 4.78 is 0. The molecule has 0 bridgehead atoms. The van der Waals surface area contributed by atoms with Crippen LogP contribution in [0.1, 0.15) is 12.8 Å². The summed E-state index contributed by atoms with van der Waals surface area (Å²) in [6, 6.07) is 0. The van der Waals surface area contributed by atoms with E-state index in [1.165, 1.54) is 0 Å². The minimum atomic E-state index is -0.766. The van der Waals surface area contributed by atoms with E-state index >= 15 is 0 Å². The molecule has 0 radical (unpaired) electrons. The quantitative estimate of drug-likeness (QED) is 0.670. The minimum Gasteiger partial charge on any atom is -0.481 e. The third-order valence-corrected chi connectivity index (χ3v) is 2.54. The molecule has 1 fully saturated rings. The zero-order chi connectivity index (χ0) is 9.84. The summed E-state index contributed by atoms with van der Waals surface area (Å²) >= 11 is 5.38. The highest BCUT2D eigenvalue weighted by molar-refractivity contribution is 6.27. The topological polar surface area (TPSA) is 57.6 Å². The standard InChI is InChI=1S/C8H12ClNO3/c9-5-7(11)10-3-1-6(2-4-10)8(12)13/h6H,1-5H2,(H,12,13). The highest BCUT2D eigenvalue weighted by Gasteiger charge is 2.26. The number of alkyl halides is 1. The number of likely N-dealkylation sites (tertiary alicyclic amines) is 1. The second-order valence-corrected chi connectivity index (χ2v) is 3.39. The molecule has 5 heteroatoms. The Balaban J connectivity index is 2.39. The molecular formula is C8H12ClNO3. The maximum absolute atomic E-state index is 11.1. The molecule has 0 aromatic rings. The van der Waals surface area contributed by atoms with Gasteiger partial charge in [-0.1, -0.05) is 0 Å². The van der Waals surface area contributed by atoms with Crippen molar-refractivity contribution in [1.29, 1.82) is 0 Å². The molecule has 74 valence electrons. The summed E-state index contributed by atoms with van der Waals surface area (Å²) in [5.74, 6) is -1.18. The number of carboxylic acids is 1. The lowest BCUT2D eigenvalue weighted by Crippen LogP contribution is -2.40. The zero-order valence-corrected chi connectivity index (χ0v) is 7.96. The van der Waals surface area contributed by atoms with E-state index in [4.69, 9.17) is 16.7 Å². The average molecular weight is 206 g/mol. The minimum absolute atomic E-state index is 0.0161. The number of carbonyl (C=O) groups is 2. The number of carboxylic acid groups (broad SMARTS) is 1. The normalized spacial score (nSPS) is 18.7. The summed E-state index contributed by atoms with van der Waals surface area (Å²) in [6.07, 6.45) is 1.08. The summed E-state index contributed by atoms with van der Waals surface area (Å²) in [5.41, 5.74) is 0. The fraction of sp³-hybridized carbons (Fsp3) is 0.750. The molecule has 1 aliphatic rings. The van der Waals surface area contributed by atoms with Crippen molar-refractivity contribution in [3.8, 4) is 0 Å². The number of aliphatic carboxylic acids is 1. The van der Waals surface area contributed by atoms with Crippen LogP contribution in [0.15, 0.2) is 0 Å². The van der Waals surface area contributed by atoms with Gasteiger partial charge in [-0.2, -0.15) is 0 Å². The van der Waals surface area contributed by atoms with Gasteiger partial charge in [-0.15, -0.1) is 11.6 Å². The lowest BCUT2D eigenvalue weighted by atomic mass is 9.97. The Labute approximate surface area is 81.5 Å². The van der Waals surface area contributed by atoms with Crippen molar-refractivity contribution in [2.45, 2.75) is 12.8 Å². The Morgan fingerprint density at radius 3 is 2.31 bits per heavy atom. The fourth-order valence-corrected chi connectivity index (χ4v) is 1.63. The predicted octanol–water partition coefficient (Wildman–Crippen LogP) is 0.548. The third kappa shape index (κ3) is 2.59. The van der Waals surface area contributed by atoms with Crippen LogP contribution in [0.2, 0.25) is 0 Å². The van der Waals surface area contributed by atoms with Gasteiger partial charge in [0, 0.05) is 13.1 Å². The Bertz CT molecular complexity index is 211. The highest BCUT2D eigenvalue weighted by Crippen LogP contribution is 2.17. The van der Waals surface area contributed by atoms with Crippen LogP contribution in [0.4, 0.5) is 0 Å². The number of rotatable bonds is 2. The van der Waals surface area contributed by atoms with Gasteiger partial charge in [0.05, 0.1) is 5.92 Å². The van der Waals surface area contributed by atoms with Gasteiger partial charge in [0.2, 0.25) is 5.91 Å². The molecule has 0 atom stereocenters. The van der Waals surface area contributed by atoms with Crippen molar-refractivity contribution in [1.82, 2.24) is 4.90 Å². The highest BCUT2D eigenvalue weighted by atomic mass is 35.5. The van der Waals surface area contributed by atoms with Crippen LogP contribution in [0.25, 0.3) is 0 Å². The largest absolute Gasteiger partial charge is 0.481 e. The van der Waals surface area contributed by atoms with Crippen LogP contribution in [0, 0.1) is 5.92 Å². The number of amides is 1. The molecule has 0 aromatic carbocycles. The predicted molar refractivity (Wildman–Crippen MR) is 47.7 cm³/mol. The van der Waals surface area contributed by atoms with Gasteiger partial charge >= 0.3 is 5.97 Å². The van der Waals surface area contributed by atoms with Crippen molar-refractivity contribution in [3.63, 3.8) is 0 Å². The number of hydrogen-bond acceptors (Lipinski definition) is 2. The smallest absolute Gasteiger partial charge is 0.306 e. The maximum atomic E-state index is 11.1. The van der Waals surface area contributed by atoms with Gasteiger partial charge in [0.1, 0.15) is 5.88 Å². The molecule has 0 aliphatic carbocycles. The SMILES string of the molecule is O=C(O)C1CCN(C(=O)CCl)CC1. The van der Waals surface area contributed by atoms with Gasteiger partial charge in [-0.3, -0.25) is 9.59 Å². The molecule has 0 unspecified atom stereocenters. The molecule has 1 rings (SSSR count). The fourth-order valence-electron chi connectivity index (χ4n) is 1.46. The van der Waals surface area contributed by atoms with E-state index in [1.807, 2.05) is 0 Å². The van der Waals surface area contributed by atoms with Crippen molar-refractivity contribution in [3.05, 3.63) is 0 Å². The molecule has 0 aromatic heterocycles. The summed E-state index contributed by atoms with van der Waals surface area (Å²) in [4.78, 5) is 23.3. The van der Waals surface area contributed by atoms with Crippen LogP contribution in [0.5, 0.6) is 0 Å². The first-order valence-corrected chi connectivity index (χ1v) is 4.75. The Morgan fingerprint density at radius 1 is 1.38 bits per heavy atom. The van der Waals surface area contributed by atoms with Crippen LogP contribution in [-0.4, -0.2) is 40.9 Å². The van der Waals surface area contributed by atoms with E-state index in [0.717, 1.165) is 0 Å². The number of nitrogens with zero attached hydrogens (tertiary/aromatic N) is 1.